The van der Waals surface area contributed by atoms with Crippen molar-refractivity contribution in [1.82, 2.24) is 10.2 Å². The first-order chi connectivity index (χ1) is 7.66. The van der Waals surface area contributed by atoms with Crippen LogP contribution in [-0.4, -0.2) is 50.3 Å². The molecular weight excluding hydrogens is 200 g/mol. The molecule has 2 saturated heterocycles. The minimum atomic E-state index is 0.390. The fourth-order valence-electron chi connectivity index (χ4n) is 3.43. The van der Waals surface area contributed by atoms with Crippen molar-refractivity contribution in [2.24, 2.45) is 11.8 Å². The second kappa shape index (κ2) is 5.03. The number of unbranched alkanes of at least 4 members (excludes halogenated alkanes) is 1. The third-order valence-electron chi connectivity index (χ3n) is 4.54. The van der Waals surface area contributed by atoms with Crippen LogP contribution in [0.25, 0.3) is 0 Å². The van der Waals surface area contributed by atoms with Crippen LogP contribution in [0.1, 0.15) is 26.7 Å². The molecule has 2 atom stereocenters. The molecule has 16 heavy (non-hydrogen) atoms. The number of nitrogens with one attached hydrogen (secondary N) is 1. The molecule has 94 valence electrons. The number of likely N-dealkylation sites (tertiary alicyclic amines) is 1. The van der Waals surface area contributed by atoms with E-state index in [1.54, 1.807) is 7.11 Å². The first kappa shape index (κ1) is 12.3. The minimum absolute atomic E-state index is 0.390. The highest BCUT2D eigenvalue weighted by molar-refractivity contribution is 5.04. The molecule has 0 radical (unpaired) electrons. The molecule has 0 bridgehead atoms. The number of ether oxygens (including phenoxy) is 1. The van der Waals surface area contributed by atoms with Crippen LogP contribution in [0.3, 0.4) is 0 Å². The van der Waals surface area contributed by atoms with E-state index < -0.39 is 0 Å². The van der Waals surface area contributed by atoms with Gasteiger partial charge in [0, 0.05) is 32.3 Å². The average molecular weight is 226 g/mol. The summed E-state index contributed by atoms with van der Waals surface area (Å²) >= 11 is 0. The van der Waals surface area contributed by atoms with Crippen LogP contribution in [0.5, 0.6) is 0 Å². The maximum Gasteiger partial charge on any atom is 0.0462 e. The Labute approximate surface area is 99.5 Å². The maximum atomic E-state index is 5.10. The monoisotopic (exact) mass is 226 g/mol. The third-order valence-corrected chi connectivity index (χ3v) is 4.54. The number of hydrogen-bond acceptors (Lipinski definition) is 3. The minimum Gasteiger partial charge on any atom is -0.385 e. The number of fused-ring (bicyclic) bond motifs is 1. The summed E-state index contributed by atoms with van der Waals surface area (Å²) in [7, 11) is 1.79. The van der Waals surface area contributed by atoms with Gasteiger partial charge in [0.1, 0.15) is 0 Å². The zero-order chi connectivity index (χ0) is 11.6. The van der Waals surface area contributed by atoms with E-state index in [-0.39, 0.29) is 0 Å². The fraction of sp³-hybridized carbons (Fsp3) is 1.00. The molecule has 1 N–H and O–H groups in total. The van der Waals surface area contributed by atoms with Crippen molar-refractivity contribution in [1.29, 1.82) is 0 Å². The molecule has 2 aliphatic rings. The van der Waals surface area contributed by atoms with Crippen molar-refractivity contribution in [3.8, 4) is 0 Å². The second-order valence-electron chi connectivity index (χ2n) is 5.82. The van der Waals surface area contributed by atoms with Crippen molar-refractivity contribution < 1.29 is 4.74 Å². The Morgan fingerprint density at radius 3 is 2.81 bits per heavy atom. The Hall–Kier alpha value is -0.120. The molecule has 0 aromatic carbocycles. The zero-order valence-electron chi connectivity index (χ0n) is 11.0. The van der Waals surface area contributed by atoms with Crippen LogP contribution in [0.2, 0.25) is 0 Å². The lowest BCUT2D eigenvalue weighted by molar-refractivity contribution is 0.129. The van der Waals surface area contributed by atoms with E-state index >= 15 is 0 Å². The summed E-state index contributed by atoms with van der Waals surface area (Å²) in [6, 6.07) is 0. The topological polar surface area (TPSA) is 24.5 Å². The number of hydrogen-bond donors (Lipinski definition) is 1. The lowest BCUT2D eigenvalue weighted by Crippen LogP contribution is -2.44. The summed E-state index contributed by atoms with van der Waals surface area (Å²) in [5.41, 5.74) is 0.390. The van der Waals surface area contributed by atoms with Crippen molar-refractivity contribution >= 4 is 0 Å². The molecule has 2 heterocycles. The lowest BCUT2D eigenvalue weighted by Gasteiger charge is -2.35. The molecule has 2 fully saturated rings. The van der Waals surface area contributed by atoms with E-state index in [0.717, 1.165) is 18.4 Å². The van der Waals surface area contributed by atoms with Crippen molar-refractivity contribution in [3.63, 3.8) is 0 Å². The summed E-state index contributed by atoms with van der Waals surface area (Å²) < 4.78 is 5.10. The molecule has 2 aliphatic heterocycles. The molecular formula is C13H26N2O. The van der Waals surface area contributed by atoms with Gasteiger partial charge in [-0.05, 0) is 51.6 Å². The van der Waals surface area contributed by atoms with Gasteiger partial charge in [-0.2, -0.15) is 0 Å². The first-order valence-corrected chi connectivity index (χ1v) is 6.61. The quantitative estimate of drug-likeness (QED) is 0.716. The molecule has 0 saturated carbocycles. The van der Waals surface area contributed by atoms with Crippen molar-refractivity contribution in [3.05, 3.63) is 0 Å². The van der Waals surface area contributed by atoms with Gasteiger partial charge in [-0.25, -0.2) is 0 Å². The predicted molar refractivity (Wildman–Crippen MR) is 66.6 cm³/mol. The smallest absolute Gasteiger partial charge is 0.0462 e. The Balaban J connectivity index is 1.82. The Morgan fingerprint density at radius 1 is 1.31 bits per heavy atom. The highest BCUT2D eigenvalue weighted by atomic mass is 16.5. The maximum absolute atomic E-state index is 5.10. The van der Waals surface area contributed by atoms with Crippen LogP contribution < -0.4 is 5.32 Å². The molecule has 2 rings (SSSR count). The molecule has 0 amide bonds. The summed E-state index contributed by atoms with van der Waals surface area (Å²) in [4.78, 5) is 2.69. The summed E-state index contributed by atoms with van der Waals surface area (Å²) in [5, 5.41) is 3.53. The largest absolute Gasteiger partial charge is 0.385 e. The highest BCUT2D eigenvalue weighted by Crippen LogP contribution is 2.40. The predicted octanol–water partition coefficient (Wildman–Crippen LogP) is 1.34. The SMILES string of the molecule is COCCCCN1CC2CNCC2C1(C)C. The molecule has 0 aromatic rings. The fourth-order valence-corrected chi connectivity index (χ4v) is 3.43. The summed E-state index contributed by atoms with van der Waals surface area (Å²) in [6.07, 6.45) is 2.46. The van der Waals surface area contributed by atoms with E-state index in [2.05, 4.69) is 24.1 Å². The number of methoxy groups -OCH3 is 1. The molecule has 3 heteroatoms. The van der Waals surface area contributed by atoms with Gasteiger partial charge in [-0.3, -0.25) is 4.90 Å². The van der Waals surface area contributed by atoms with Crippen LogP contribution in [0.4, 0.5) is 0 Å². The molecule has 3 nitrogen and oxygen atoms in total. The Bertz CT molecular complexity index is 230. The standard InChI is InChI=1S/C13H26N2O/c1-13(2)12-9-14-8-11(12)10-15(13)6-4-5-7-16-3/h11-12,14H,4-10H2,1-3H3. The number of nitrogens with zero attached hydrogens (tertiary/aromatic N) is 1. The molecule has 0 spiro atoms. The van der Waals surface area contributed by atoms with Crippen LogP contribution in [0, 0.1) is 11.8 Å². The highest BCUT2D eigenvalue weighted by Gasteiger charge is 2.48. The van der Waals surface area contributed by atoms with Gasteiger partial charge in [0.2, 0.25) is 0 Å². The average Bonchev–Trinajstić information content (AvgIpc) is 2.78. The second-order valence-corrected chi connectivity index (χ2v) is 5.82. The van der Waals surface area contributed by atoms with Gasteiger partial charge >= 0.3 is 0 Å². The summed E-state index contributed by atoms with van der Waals surface area (Å²) in [6.45, 7) is 10.7. The van der Waals surface area contributed by atoms with E-state index in [4.69, 9.17) is 4.74 Å². The summed E-state index contributed by atoms with van der Waals surface area (Å²) in [5.74, 6) is 1.74. The first-order valence-electron chi connectivity index (χ1n) is 6.61. The van der Waals surface area contributed by atoms with Gasteiger partial charge in [0.15, 0.2) is 0 Å². The normalized spacial score (nSPS) is 33.2. The van der Waals surface area contributed by atoms with E-state index in [0.29, 0.717) is 5.54 Å². The van der Waals surface area contributed by atoms with E-state index in [1.165, 1.54) is 39.0 Å². The van der Waals surface area contributed by atoms with Gasteiger partial charge in [-0.1, -0.05) is 0 Å². The Kier molecular flexibility index (Phi) is 3.88. The molecule has 0 aliphatic carbocycles. The zero-order valence-corrected chi connectivity index (χ0v) is 11.0. The van der Waals surface area contributed by atoms with E-state index in [1.807, 2.05) is 0 Å². The lowest BCUT2D eigenvalue weighted by atomic mass is 9.85. The Morgan fingerprint density at radius 2 is 2.12 bits per heavy atom. The van der Waals surface area contributed by atoms with Crippen molar-refractivity contribution in [2.45, 2.75) is 32.2 Å². The van der Waals surface area contributed by atoms with Crippen LogP contribution in [0.15, 0.2) is 0 Å². The molecule has 2 unspecified atom stereocenters. The van der Waals surface area contributed by atoms with Gasteiger partial charge in [0.25, 0.3) is 0 Å². The van der Waals surface area contributed by atoms with Crippen LogP contribution >= 0.6 is 0 Å². The number of rotatable bonds is 5. The molecule has 0 aromatic heterocycles. The van der Waals surface area contributed by atoms with Crippen molar-refractivity contribution in [2.75, 3.05) is 39.9 Å². The van der Waals surface area contributed by atoms with Gasteiger partial charge in [0.05, 0.1) is 0 Å². The third kappa shape index (κ3) is 2.27. The van der Waals surface area contributed by atoms with Gasteiger partial charge < -0.3 is 10.1 Å². The van der Waals surface area contributed by atoms with Crippen LogP contribution in [-0.2, 0) is 4.74 Å². The van der Waals surface area contributed by atoms with Gasteiger partial charge in [-0.15, -0.1) is 0 Å². The van der Waals surface area contributed by atoms with E-state index in [9.17, 15) is 0 Å².